The van der Waals surface area contributed by atoms with E-state index in [1.54, 1.807) is 0 Å². The SMILES string of the molecule is c1ccc(CN2C[C@]3(CCNC3)c3ncccc32)nc1. The molecule has 4 heterocycles. The quantitative estimate of drug-likeness (QED) is 0.899. The van der Waals surface area contributed by atoms with Gasteiger partial charge in [0, 0.05) is 30.9 Å². The molecule has 0 aliphatic carbocycles. The highest BCUT2D eigenvalue weighted by Crippen LogP contribution is 2.43. The maximum Gasteiger partial charge on any atom is 0.0729 e. The molecule has 1 N–H and O–H groups in total. The third-order valence-corrected chi connectivity index (χ3v) is 4.45. The molecular weight excluding hydrogens is 248 g/mol. The van der Waals surface area contributed by atoms with Gasteiger partial charge in [-0.25, -0.2) is 0 Å². The van der Waals surface area contributed by atoms with E-state index >= 15 is 0 Å². The van der Waals surface area contributed by atoms with Gasteiger partial charge in [-0.2, -0.15) is 0 Å². The minimum absolute atomic E-state index is 0.200. The van der Waals surface area contributed by atoms with Crippen LogP contribution in [0.25, 0.3) is 0 Å². The number of hydrogen-bond donors (Lipinski definition) is 1. The smallest absolute Gasteiger partial charge is 0.0729 e. The summed E-state index contributed by atoms with van der Waals surface area (Å²) >= 11 is 0. The highest BCUT2D eigenvalue weighted by Gasteiger charge is 2.45. The molecule has 20 heavy (non-hydrogen) atoms. The third kappa shape index (κ3) is 1.79. The Hall–Kier alpha value is -1.94. The second-order valence-corrected chi connectivity index (χ2v) is 5.76. The van der Waals surface area contributed by atoms with Crippen molar-refractivity contribution in [3.05, 3.63) is 54.1 Å². The minimum atomic E-state index is 0.200. The maximum absolute atomic E-state index is 4.68. The third-order valence-electron chi connectivity index (χ3n) is 4.45. The van der Waals surface area contributed by atoms with E-state index < -0.39 is 0 Å². The first-order valence-corrected chi connectivity index (χ1v) is 7.19. The van der Waals surface area contributed by atoms with E-state index in [4.69, 9.17) is 0 Å². The molecule has 0 unspecified atom stereocenters. The Kier molecular flexibility index (Phi) is 2.70. The highest BCUT2D eigenvalue weighted by molar-refractivity contribution is 5.60. The molecule has 1 atom stereocenters. The average molecular weight is 266 g/mol. The number of aromatic nitrogens is 2. The van der Waals surface area contributed by atoms with Crippen molar-refractivity contribution >= 4 is 5.69 Å². The average Bonchev–Trinajstić information content (AvgIpc) is 3.08. The molecule has 0 bridgehead atoms. The highest BCUT2D eigenvalue weighted by atomic mass is 15.2. The van der Waals surface area contributed by atoms with Crippen molar-refractivity contribution in [3.63, 3.8) is 0 Å². The predicted molar refractivity (Wildman–Crippen MR) is 78.7 cm³/mol. The molecule has 4 rings (SSSR count). The Morgan fingerprint density at radius 2 is 2.10 bits per heavy atom. The summed E-state index contributed by atoms with van der Waals surface area (Å²) in [5, 5.41) is 3.50. The topological polar surface area (TPSA) is 41.0 Å². The fourth-order valence-corrected chi connectivity index (χ4v) is 3.50. The van der Waals surface area contributed by atoms with Crippen LogP contribution in [0, 0.1) is 0 Å². The van der Waals surface area contributed by atoms with E-state index in [-0.39, 0.29) is 5.41 Å². The van der Waals surface area contributed by atoms with E-state index in [1.807, 2.05) is 24.5 Å². The molecule has 4 nitrogen and oxygen atoms in total. The van der Waals surface area contributed by atoms with Gasteiger partial charge in [-0.3, -0.25) is 9.97 Å². The molecule has 2 aliphatic rings. The van der Waals surface area contributed by atoms with Gasteiger partial charge in [-0.15, -0.1) is 0 Å². The predicted octanol–water partition coefficient (Wildman–Crippen LogP) is 1.73. The van der Waals surface area contributed by atoms with Crippen molar-refractivity contribution in [2.24, 2.45) is 0 Å². The van der Waals surface area contributed by atoms with Gasteiger partial charge in [0.05, 0.1) is 23.6 Å². The largest absolute Gasteiger partial charge is 0.363 e. The van der Waals surface area contributed by atoms with Gasteiger partial charge in [0.1, 0.15) is 0 Å². The molecule has 4 heteroatoms. The van der Waals surface area contributed by atoms with E-state index in [9.17, 15) is 0 Å². The summed E-state index contributed by atoms with van der Waals surface area (Å²) in [4.78, 5) is 11.6. The molecule has 0 radical (unpaired) electrons. The van der Waals surface area contributed by atoms with Crippen molar-refractivity contribution in [1.82, 2.24) is 15.3 Å². The Morgan fingerprint density at radius 1 is 1.15 bits per heavy atom. The number of nitrogens with one attached hydrogen (secondary N) is 1. The van der Waals surface area contributed by atoms with Crippen LogP contribution in [0.15, 0.2) is 42.7 Å². The Balaban J connectivity index is 1.69. The van der Waals surface area contributed by atoms with Crippen molar-refractivity contribution in [3.8, 4) is 0 Å². The lowest BCUT2D eigenvalue weighted by atomic mass is 9.85. The van der Waals surface area contributed by atoms with Crippen LogP contribution in [0.5, 0.6) is 0 Å². The summed E-state index contributed by atoms with van der Waals surface area (Å²) in [5.74, 6) is 0. The van der Waals surface area contributed by atoms with Crippen molar-refractivity contribution < 1.29 is 0 Å². The zero-order valence-electron chi connectivity index (χ0n) is 11.4. The summed E-state index contributed by atoms with van der Waals surface area (Å²) in [6.07, 6.45) is 4.96. The molecule has 0 amide bonds. The zero-order chi connectivity index (χ0) is 13.4. The van der Waals surface area contributed by atoms with E-state index in [0.717, 1.165) is 31.9 Å². The summed E-state index contributed by atoms with van der Waals surface area (Å²) in [5.41, 5.74) is 3.86. The van der Waals surface area contributed by atoms with Crippen LogP contribution in [0.4, 0.5) is 5.69 Å². The molecule has 2 aromatic rings. The van der Waals surface area contributed by atoms with Gasteiger partial charge in [-0.05, 0) is 37.2 Å². The number of rotatable bonds is 2. The van der Waals surface area contributed by atoms with Crippen LogP contribution in [-0.2, 0) is 12.0 Å². The fraction of sp³-hybridized carbons (Fsp3) is 0.375. The first-order valence-electron chi connectivity index (χ1n) is 7.19. The number of anilines is 1. The standard InChI is InChI=1S/C16H18N4/c1-2-7-18-13(4-1)10-20-12-16(6-9-17-11-16)15-14(20)5-3-8-19-15/h1-5,7-8,17H,6,9-12H2/t16-/m1/s1. The number of fused-ring (bicyclic) bond motifs is 2. The lowest BCUT2D eigenvalue weighted by Gasteiger charge is -2.24. The fourth-order valence-electron chi connectivity index (χ4n) is 3.50. The zero-order valence-corrected chi connectivity index (χ0v) is 11.4. The molecule has 102 valence electrons. The summed E-state index contributed by atoms with van der Waals surface area (Å²) in [6.45, 7) is 4.04. The Bertz CT molecular complexity index is 605. The van der Waals surface area contributed by atoms with Crippen molar-refractivity contribution in [2.75, 3.05) is 24.5 Å². The van der Waals surface area contributed by atoms with E-state index in [1.165, 1.54) is 17.8 Å². The van der Waals surface area contributed by atoms with Crippen LogP contribution >= 0.6 is 0 Å². The van der Waals surface area contributed by atoms with Gasteiger partial charge >= 0.3 is 0 Å². The van der Waals surface area contributed by atoms with Crippen LogP contribution in [0.1, 0.15) is 17.8 Å². The monoisotopic (exact) mass is 266 g/mol. The minimum Gasteiger partial charge on any atom is -0.363 e. The lowest BCUT2D eigenvalue weighted by Crippen LogP contribution is -2.35. The lowest BCUT2D eigenvalue weighted by molar-refractivity contribution is 0.483. The maximum atomic E-state index is 4.68. The van der Waals surface area contributed by atoms with Gasteiger partial charge in [0.25, 0.3) is 0 Å². The molecule has 2 aliphatic heterocycles. The molecule has 1 fully saturated rings. The number of pyridine rings is 2. The molecule has 0 aromatic carbocycles. The van der Waals surface area contributed by atoms with Crippen LogP contribution < -0.4 is 10.2 Å². The second kappa shape index (κ2) is 4.56. The Labute approximate surface area is 118 Å². The first kappa shape index (κ1) is 11.9. The van der Waals surface area contributed by atoms with Gasteiger partial charge < -0.3 is 10.2 Å². The Morgan fingerprint density at radius 3 is 2.90 bits per heavy atom. The van der Waals surface area contributed by atoms with Crippen molar-refractivity contribution in [2.45, 2.75) is 18.4 Å². The molecule has 1 spiro atoms. The molecular formula is C16H18N4. The van der Waals surface area contributed by atoms with E-state index in [0.29, 0.717) is 0 Å². The summed E-state index contributed by atoms with van der Waals surface area (Å²) < 4.78 is 0. The number of hydrogen-bond acceptors (Lipinski definition) is 4. The summed E-state index contributed by atoms with van der Waals surface area (Å²) in [6, 6.07) is 10.3. The number of nitrogens with zero attached hydrogens (tertiary/aromatic N) is 3. The summed E-state index contributed by atoms with van der Waals surface area (Å²) in [7, 11) is 0. The van der Waals surface area contributed by atoms with Gasteiger partial charge in [0.2, 0.25) is 0 Å². The molecule has 1 saturated heterocycles. The van der Waals surface area contributed by atoms with Crippen LogP contribution in [0.2, 0.25) is 0 Å². The van der Waals surface area contributed by atoms with Crippen LogP contribution in [-0.4, -0.2) is 29.6 Å². The van der Waals surface area contributed by atoms with Crippen molar-refractivity contribution in [1.29, 1.82) is 0 Å². The van der Waals surface area contributed by atoms with Gasteiger partial charge in [0.15, 0.2) is 0 Å². The van der Waals surface area contributed by atoms with Gasteiger partial charge in [-0.1, -0.05) is 6.07 Å². The normalized spacial score (nSPS) is 24.3. The first-order chi connectivity index (χ1) is 9.87. The van der Waals surface area contributed by atoms with E-state index in [2.05, 4.69) is 38.4 Å². The second-order valence-electron chi connectivity index (χ2n) is 5.76. The molecule has 0 saturated carbocycles. The van der Waals surface area contributed by atoms with Crippen LogP contribution in [0.3, 0.4) is 0 Å². The molecule has 2 aromatic heterocycles.